The van der Waals surface area contributed by atoms with Crippen LogP contribution in [-0.2, 0) is 24.0 Å². The topological polar surface area (TPSA) is 55.3 Å². The number of halogens is 3. The molecule has 154 valence electrons. The number of nitrogens with zero attached hydrogens (tertiary/aromatic N) is 3. The summed E-state index contributed by atoms with van der Waals surface area (Å²) in [6, 6.07) is 9.79. The van der Waals surface area contributed by atoms with Gasteiger partial charge in [0.05, 0.1) is 0 Å². The van der Waals surface area contributed by atoms with E-state index in [4.69, 9.17) is 4.74 Å². The summed E-state index contributed by atoms with van der Waals surface area (Å²) in [4.78, 5) is 21.4. The summed E-state index contributed by atoms with van der Waals surface area (Å²) in [6.07, 6.45) is 1.08. The van der Waals surface area contributed by atoms with E-state index in [9.17, 15) is 18.0 Å². The van der Waals surface area contributed by atoms with Crippen molar-refractivity contribution >= 4 is 11.6 Å². The van der Waals surface area contributed by atoms with E-state index in [0.29, 0.717) is 18.4 Å². The highest BCUT2D eigenvalue weighted by atomic mass is 19.4. The maximum atomic E-state index is 13.1. The maximum absolute atomic E-state index is 13.1. The predicted molar refractivity (Wildman–Crippen MR) is 105 cm³/mol. The van der Waals surface area contributed by atoms with E-state index in [-0.39, 0.29) is 12.5 Å². The number of aromatic nitrogens is 2. The first kappa shape index (κ1) is 19.9. The third-order valence-electron chi connectivity index (χ3n) is 5.00. The van der Waals surface area contributed by atoms with Crippen LogP contribution < -0.4 is 9.64 Å². The van der Waals surface area contributed by atoms with Crippen molar-refractivity contribution < 1.29 is 22.7 Å². The van der Waals surface area contributed by atoms with Crippen molar-refractivity contribution in [3.8, 4) is 17.0 Å². The summed E-state index contributed by atoms with van der Waals surface area (Å²) in [5, 5.41) is 0. The molecule has 8 heteroatoms. The van der Waals surface area contributed by atoms with Gasteiger partial charge >= 0.3 is 6.18 Å². The van der Waals surface area contributed by atoms with Crippen LogP contribution in [-0.4, -0.2) is 22.9 Å². The Balaban J connectivity index is 1.55. The van der Waals surface area contributed by atoms with Gasteiger partial charge in [0, 0.05) is 48.9 Å². The first-order valence-electron chi connectivity index (χ1n) is 9.32. The Morgan fingerprint density at radius 2 is 1.93 bits per heavy atom. The number of fused-ring (bicyclic) bond motifs is 1. The third-order valence-corrected chi connectivity index (χ3v) is 5.00. The average Bonchev–Trinajstić information content (AvgIpc) is 2.74. The van der Waals surface area contributed by atoms with Crippen LogP contribution in [0, 0.1) is 0 Å². The Hall–Kier alpha value is -3.42. The zero-order valence-corrected chi connectivity index (χ0v) is 16.1. The molecule has 2 aromatic heterocycles. The van der Waals surface area contributed by atoms with Crippen LogP contribution in [0.1, 0.15) is 23.1 Å². The Kier molecular flexibility index (Phi) is 5.15. The molecule has 1 aliphatic heterocycles. The average molecular weight is 413 g/mol. The van der Waals surface area contributed by atoms with Crippen molar-refractivity contribution in [3.63, 3.8) is 0 Å². The van der Waals surface area contributed by atoms with Crippen molar-refractivity contribution in [1.82, 2.24) is 9.97 Å². The number of pyridine rings is 2. The molecule has 1 amide bonds. The van der Waals surface area contributed by atoms with Gasteiger partial charge in [-0.1, -0.05) is 6.07 Å². The Bertz CT molecular complexity index is 1100. The molecule has 5 nitrogen and oxygen atoms in total. The number of hydrogen-bond acceptors (Lipinski definition) is 4. The SMILES string of the molecule is CN1C(=O)CCc2cc(-c3cncc(COc4ncccc4C(F)(F)F)c3)ccc21. The van der Waals surface area contributed by atoms with E-state index < -0.39 is 17.6 Å². The van der Waals surface area contributed by atoms with Gasteiger partial charge in [-0.3, -0.25) is 9.78 Å². The van der Waals surface area contributed by atoms with Gasteiger partial charge < -0.3 is 9.64 Å². The van der Waals surface area contributed by atoms with Gasteiger partial charge in [-0.15, -0.1) is 0 Å². The summed E-state index contributed by atoms with van der Waals surface area (Å²) in [6.45, 7) is -0.0941. The van der Waals surface area contributed by atoms with E-state index in [0.717, 1.165) is 28.4 Å². The number of amides is 1. The lowest BCUT2D eigenvalue weighted by molar-refractivity contribution is -0.139. The molecule has 0 unspecified atom stereocenters. The highest BCUT2D eigenvalue weighted by Gasteiger charge is 2.35. The molecule has 0 bridgehead atoms. The minimum absolute atomic E-state index is 0.0869. The highest BCUT2D eigenvalue weighted by Crippen LogP contribution is 2.35. The third kappa shape index (κ3) is 3.98. The second-order valence-corrected chi connectivity index (χ2v) is 7.02. The molecule has 0 spiro atoms. The van der Waals surface area contributed by atoms with Gasteiger partial charge in [-0.2, -0.15) is 13.2 Å². The van der Waals surface area contributed by atoms with Gasteiger partial charge in [0.1, 0.15) is 12.2 Å². The number of benzene rings is 1. The number of alkyl halides is 3. The number of aryl methyl sites for hydroxylation is 1. The molecule has 3 heterocycles. The predicted octanol–water partition coefficient (Wildman–Crippen LogP) is 4.65. The second kappa shape index (κ2) is 7.78. The first-order chi connectivity index (χ1) is 14.3. The summed E-state index contributed by atoms with van der Waals surface area (Å²) in [7, 11) is 1.76. The van der Waals surface area contributed by atoms with E-state index in [2.05, 4.69) is 9.97 Å². The van der Waals surface area contributed by atoms with Gasteiger partial charge in [0.25, 0.3) is 0 Å². The molecular weight excluding hydrogens is 395 g/mol. The number of hydrogen-bond donors (Lipinski definition) is 0. The fourth-order valence-corrected chi connectivity index (χ4v) is 3.43. The van der Waals surface area contributed by atoms with Crippen LogP contribution in [0.5, 0.6) is 5.88 Å². The Morgan fingerprint density at radius 3 is 2.73 bits per heavy atom. The van der Waals surface area contributed by atoms with Crippen LogP contribution >= 0.6 is 0 Å². The molecule has 0 saturated carbocycles. The minimum Gasteiger partial charge on any atom is -0.472 e. The molecule has 1 aromatic carbocycles. The van der Waals surface area contributed by atoms with Crippen molar-refractivity contribution in [1.29, 1.82) is 0 Å². The van der Waals surface area contributed by atoms with E-state index >= 15 is 0 Å². The molecule has 0 saturated heterocycles. The zero-order chi connectivity index (χ0) is 21.3. The smallest absolute Gasteiger partial charge is 0.421 e. The number of carbonyl (C=O) groups is 1. The standard InChI is InChI=1S/C22H18F3N3O2/c1-28-19-6-4-15(10-16(19)5-7-20(28)29)17-9-14(11-26-12-17)13-30-21-18(22(23,24)25)3-2-8-27-21/h2-4,6,8-12H,5,7,13H2,1H3. The lowest BCUT2D eigenvalue weighted by Gasteiger charge is -2.26. The molecule has 3 aromatic rings. The monoisotopic (exact) mass is 413 g/mol. The molecule has 0 atom stereocenters. The number of rotatable bonds is 4. The molecule has 4 rings (SSSR count). The summed E-state index contributed by atoms with van der Waals surface area (Å²) >= 11 is 0. The van der Waals surface area contributed by atoms with E-state index in [1.807, 2.05) is 24.3 Å². The van der Waals surface area contributed by atoms with Crippen LogP contribution in [0.3, 0.4) is 0 Å². The minimum atomic E-state index is -4.54. The van der Waals surface area contributed by atoms with Gasteiger partial charge in [0.2, 0.25) is 11.8 Å². The number of carbonyl (C=O) groups excluding carboxylic acids is 1. The fraction of sp³-hybridized carbons (Fsp3) is 0.227. The van der Waals surface area contributed by atoms with Crippen molar-refractivity contribution in [2.45, 2.75) is 25.6 Å². The van der Waals surface area contributed by atoms with Gasteiger partial charge in [0.15, 0.2) is 0 Å². The van der Waals surface area contributed by atoms with Gasteiger partial charge in [-0.25, -0.2) is 4.98 Å². The summed E-state index contributed by atoms with van der Waals surface area (Å²) in [5.41, 5.74) is 3.39. The van der Waals surface area contributed by atoms with E-state index in [1.54, 1.807) is 24.3 Å². The fourth-order valence-electron chi connectivity index (χ4n) is 3.43. The van der Waals surface area contributed by atoms with E-state index in [1.165, 1.54) is 12.3 Å². The molecular formula is C22H18F3N3O2. The molecule has 0 radical (unpaired) electrons. The molecule has 0 fully saturated rings. The molecule has 30 heavy (non-hydrogen) atoms. The van der Waals surface area contributed by atoms with Gasteiger partial charge in [-0.05, 0) is 47.9 Å². The van der Waals surface area contributed by atoms with Crippen molar-refractivity contribution in [2.24, 2.45) is 0 Å². The highest BCUT2D eigenvalue weighted by molar-refractivity contribution is 5.96. The van der Waals surface area contributed by atoms with Crippen LogP contribution in [0.2, 0.25) is 0 Å². The normalized spacial score (nSPS) is 13.9. The molecule has 1 aliphatic rings. The molecule has 0 N–H and O–H groups in total. The Labute approximate surface area is 171 Å². The zero-order valence-electron chi connectivity index (χ0n) is 16.1. The number of anilines is 1. The van der Waals surface area contributed by atoms with Crippen molar-refractivity contribution in [2.75, 3.05) is 11.9 Å². The van der Waals surface area contributed by atoms with Crippen LogP contribution in [0.25, 0.3) is 11.1 Å². The van der Waals surface area contributed by atoms with Crippen molar-refractivity contribution in [3.05, 3.63) is 71.7 Å². The lowest BCUT2D eigenvalue weighted by atomic mass is 9.96. The van der Waals surface area contributed by atoms with Crippen LogP contribution in [0.15, 0.2) is 55.0 Å². The first-order valence-corrected chi connectivity index (χ1v) is 9.32. The Morgan fingerprint density at radius 1 is 1.10 bits per heavy atom. The molecule has 0 aliphatic carbocycles. The summed E-state index contributed by atoms with van der Waals surface area (Å²) in [5.74, 6) is -0.374. The lowest BCUT2D eigenvalue weighted by Crippen LogP contribution is -2.30. The second-order valence-electron chi connectivity index (χ2n) is 7.02. The largest absolute Gasteiger partial charge is 0.472 e. The number of ether oxygens (including phenoxy) is 1. The maximum Gasteiger partial charge on any atom is 0.421 e. The van der Waals surface area contributed by atoms with Crippen LogP contribution in [0.4, 0.5) is 18.9 Å². The quantitative estimate of drug-likeness (QED) is 0.625. The summed E-state index contributed by atoms with van der Waals surface area (Å²) < 4.78 is 44.6.